The number of hydrogen-bond acceptors (Lipinski definition) is 3. The molecule has 0 spiro atoms. The van der Waals surface area contributed by atoms with Crippen LogP contribution in [0.1, 0.15) is 38.5 Å². The monoisotopic (exact) mass is 321 g/mol. The van der Waals surface area contributed by atoms with Gasteiger partial charge in [0.2, 0.25) is 4.80 Å². The third-order valence-electron chi connectivity index (χ3n) is 3.91. The summed E-state index contributed by atoms with van der Waals surface area (Å²) in [6.07, 6.45) is 7.76. The van der Waals surface area contributed by atoms with Gasteiger partial charge in [0.05, 0.1) is 6.04 Å². The minimum absolute atomic E-state index is 0.470. The Labute approximate surface area is 134 Å². The quantitative estimate of drug-likeness (QED) is 0.753. The minimum atomic E-state index is 0.470. The maximum Gasteiger partial charge on any atom is 0.203 e. The molecule has 0 amide bonds. The molecule has 1 aliphatic rings. The number of aryl methyl sites for hydroxylation is 1. The molecule has 0 radical (unpaired) electrons. The Hall–Kier alpha value is -1.13. The predicted molar refractivity (Wildman–Crippen MR) is 88.6 cm³/mol. The molecule has 112 valence electrons. The van der Waals surface area contributed by atoms with Crippen molar-refractivity contribution >= 4 is 22.9 Å². The molecule has 1 aromatic heterocycles. The summed E-state index contributed by atoms with van der Waals surface area (Å²) >= 11 is 7.60. The smallest absolute Gasteiger partial charge is 0.203 e. The van der Waals surface area contributed by atoms with Crippen molar-refractivity contribution in [3.8, 4) is 10.6 Å². The molecule has 0 N–H and O–H groups in total. The lowest BCUT2D eigenvalue weighted by molar-refractivity contribution is 0.561. The van der Waals surface area contributed by atoms with Crippen molar-refractivity contribution in [2.75, 3.05) is 0 Å². The van der Waals surface area contributed by atoms with E-state index in [4.69, 9.17) is 16.6 Å². The van der Waals surface area contributed by atoms with E-state index in [0.717, 1.165) is 20.4 Å². The summed E-state index contributed by atoms with van der Waals surface area (Å²) in [6, 6.07) is 8.30. The van der Waals surface area contributed by atoms with Crippen LogP contribution in [-0.4, -0.2) is 15.8 Å². The second kappa shape index (κ2) is 6.75. The van der Waals surface area contributed by atoms with Crippen molar-refractivity contribution in [1.29, 1.82) is 0 Å². The Morgan fingerprint density at radius 1 is 1.14 bits per heavy atom. The molecule has 21 heavy (non-hydrogen) atoms. The fraction of sp³-hybridized carbons (Fsp3) is 0.500. The highest BCUT2D eigenvalue weighted by molar-refractivity contribution is 7.12. The van der Waals surface area contributed by atoms with Crippen molar-refractivity contribution in [3.05, 3.63) is 34.1 Å². The fourth-order valence-corrected chi connectivity index (χ4v) is 3.80. The van der Waals surface area contributed by atoms with Gasteiger partial charge in [-0.1, -0.05) is 60.8 Å². The van der Waals surface area contributed by atoms with Gasteiger partial charge in [-0.2, -0.15) is 5.10 Å². The highest BCUT2D eigenvalue weighted by Crippen LogP contribution is 2.22. The third-order valence-corrected chi connectivity index (χ3v) is 5.23. The zero-order valence-corrected chi connectivity index (χ0v) is 13.8. The largest absolute Gasteiger partial charge is 0.254 e. The van der Waals surface area contributed by atoms with Crippen LogP contribution in [0.15, 0.2) is 29.3 Å². The van der Waals surface area contributed by atoms with Gasteiger partial charge in [0.1, 0.15) is 5.01 Å². The van der Waals surface area contributed by atoms with Crippen LogP contribution in [0.4, 0.5) is 0 Å². The SMILES string of the molecule is Cn1nc(-c2ccc(Cl)cc2)s/c1=N/C1CCCCCC1. The molecule has 0 bridgehead atoms. The summed E-state index contributed by atoms with van der Waals surface area (Å²) in [5, 5.41) is 6.35. The standard InChI is InChI=1S/C16H20ClN3S/c1-20-16(18-14-6-4-2-3-5-7-14)21-15(19-20)12-8-10-13(17)11-9-12/h8-11,14H,2-7H2,1H3/b18-16+. The van der Waals surface area contributed by atoms with Gasteiger partial charge in [-0.25, -0.2) is 4.68 Å². The molecule has 1 aromatic carbocycles. The lowest BCUT2D eigenvalue weighted by atomic mass is 10.1. The summed E-state index contributed by atoms with van der Waals surface area (Å²) in [4.78, 5) is 5.95. The van der Waals surface area contributed by atoms with E-state index in [1.165, 1.54) is 38.5 Å². The number of rotatable bonds is 2. The average Bonchev–Trinajstić information content (AvgIpc) is 2.69. The molecule has 2 aromatic rings. The molecule has 0 saturated heterocycles. The van der Waals surface area contributed by atoms with Crippen LogP contribution < -0.4 is 4.80 Å². The number of aromatic nitrogens is 2. The van der Waals surface area contributed by atoms with E-state index in [1.54, 1.807) is 11.3 Å². The van der Waals surface area contributed by atoms with Crippen molar-refractivity contribution in [1.82, 2.24) is 9.78 Å². The van der Waals surface area contributed by atoms with Crippen molar-refractivity contribution in [3.63, 3.8) is 0 Å². The second-order valence-electron chi connectivity index (χ2n) is 5.59. The van der Waals surface area contributed by atoms with E-state index >= 15 is 0 Å². The number of halogens is 1. The van der Waals surface area contributed by atoms with Crippen LogP contribution in [0, 0.1) is 0 Å². The summed E-state index contributed by atoms with van der Waals surface area (Å²) in [7, 11) is 1.98. The average molecular weight is 322 g/mol. The summed E-state index contributed by atoms with van der Waals surface area (Å²) in [5.41, 5.74) is 1.10. The topological polar surface area (TPSA) is 30.2 Å². The van der Waals surface area contributed by atoms with Crippen LogP contribution in [0.5, 0.6) is 0 Å². The number of nitrogens with zero attached hydrogens (tertiary/aromatic N) is 3. The second-order valence-corrected chi connectivity index (χ2v) is 6.99. The van der Waals surface area contributed by atoms with E-state index in [9.17, 15) is 0 Å². The van der Waals surface area contributed by atoms with E-state index < -0.39 is 0 Å². The first kappa shape index (κ1) is 14.8. The van der Waals surface area contributed by atoms with Gasteiger partial charge in [-0.3, -0.25) is 4.99 Å². The molecular weight excluding hydrogens is 302 g/mol. The van der Waals surface area contributed by atoms with Crippen molar-refractivity contribution in [2.45, 2.75) is 44.6 Å². The normalized spacial score (nSPS) is 17.9. The number of benzene rings is 1. The van der Waals surface area contributed by atoms with E-state index in [1.807, 2.05) is 36.0 Å². The molecule has 3 nitrogen and oxygen atoms in total. The fourth-order valence-electron chi connectivity index (χ4n) is 2.71. The lowest BCUT2D eigenvalue weighted by Crippen LogP contribution is -2.16. The molecule has 1 fully saturated rings. The Morgan fingerprint density at radius 3 is 2.48 bits per heavy atom. The lowest BCUT2D eigenvalue weighted by Gasteiger charge is -2.06. The summed E-state index contributed by atoms with van der Waals surface area (Å²) in [5.74, 6) is 0. The van der Waals surface area contributed by atoms with Crippen LogP contribution in [0.3, 0.4) is 0 Å². The van der Waals surface area contributed by atoms with Gasteiger partial charge in [0, 0.05) is 17.6 Å². The molecular formula is C16H20ClN3S. The van der Waals surface area contributed by atoms with Crippen LogP contribution in [0.25, 0.3) is 10.6 Å². The first-order valence-electron chi connectivity index (χ1n) is 7.56. The molecule has 0 aliphatic heterocycles. The predicted octanol–water partition coefficient (Wildman–Crippen LogP) is 4.43. The van der Waals surface area contributed by atoms with Crippen LogP contribution in [0.2, 0.25) is 5.02 Å². The van der Waals surface area contributed by atoms with Gasteiger partial charge in [0.15, 0.2) is 0 Å². The Morgan fingerprint density at radius 2 is 1.81 bits per heavy atom. The maximum absolute atomic E-state index is 5.94. The summed E-state index contributed by atoms with van der Waals surface area (Å²) in [6.45, 7) is 0. The molecule has 1 saturated carbocycles. The van der Waals surface area contributed by atoms with Gasteiger partial charge in [-0.05, 0) is 25.0 Å². The van der Waals surface area contributed by atoms with E-state index in [2.05, 4.69) is 5.10 Å². The van der Waals surface area contributed by atoms with E-state index in [0.29, 0.717) is 6.04 Å². The number of hydrogen-bond donors (Lipinski definition) is 0. The van der Waals surface area contributed by atoms with Crippen molar-refractivity contribution < 1.29 is 0 Å². The van der Waals surface area contributed by atoms with Gasteiger partial charge < -0.3 is 0 Å². The molecule has 1 aliphatic carbocycles. The molecule has 0 unspecified atom stereocenters. The zero-order valence-electron chi connectivity index (χ0n) is 12.3. The van der Waals surface area contributed by atoms with Gasteiger partial charge >= 0.3 is 0 Å². The van der Waals surface area contributed by atoms with E-state index in [-0.39, 0.29) is 0 Å². The maximum atomic E-state index is 5.94. The molecule has 3 rings (SSSR count). The van der Waals surface area contributed by atoms with Gasteiger partial charge in [0.25, 0.3) is 0 Å². The Balaban J connectivity index is 1.88. The Bertz CT molecular complexity index is 649. The first-order valence-corrected chi connectivity index (χ1v) is 8.76. The Kier molecular flexibility index (Phi) is 4.76. The minimum Gasteiger partial charge on any atom is -0.254 e. The highest BCUT2D eigenvalue weighted by Gasteiger charge is 2.12. The summed E-state index contributed by atoms with van der Waals surface area (Å²) < 4.78 is 1.90. The third kappa shape index (κ3) is 3.74. The highest BCUT2D eigenvalue weighted by atomic mass is 35.5. The van der Waals surface area contributed by atoms with Crippen molar-refractivity contribution in [2.24, 2.45) is 12.0 Å². The molecule has 0 atom stereocenters. The molecule has 5 heteroatoms. The van der Waals surface area contributed by atoms with Crippen LogP contribution in [-0.2, 0) is 7.05 Å². The van der Waals surface area contributed by atoms with Gasteiger partial charge in [-0.15, -0.1) is 0 Å². The van der Waals surface area contributed by atoms with Crippen LogP contribution >= 0.6 is 22.9 Å². The molecule has 1 heterocycles. The first-order chi connectivity index (χ1) is 10.2. The zero-order chi connectivity index (χ0) is 14.7.